The summed E-state index contributed by atoms with van der Waals surface area (Å²) >= 11 is 0. The molecule has 2 unspecified atom stereocenters. The maximum atomic E-state index is 13.9. The molecule has 1 aliphatic rings. The Morgan fingerprint density at radius 3 is 1.85 bits per heavy atom. The maximum Gasteiger partial charge on any atom is 0.407 e. The van der Waals surface area contributed by atoms with Gasteiger partial charge in [0.2, 0.25) is 17.7 Å². The number of amides is 5. The number of nitrogens with zero attached hydrogens (tertiary/aromatic N) is 1. The van der Waals surface area contributed by atoms with E-state index in [0.29, 0.717) is 33.8 Å². The topological polar surface area (TPSA) is 226 Å². The van der Waals surface area contributed by atoms with Crippen molar-refractivity contribution in [1.82, 2.24) is 26.2 Å². The molecule has 6 N–H and O–H groups in total. The zero-order valence-electron chi connectivity index (χ0n) is 33.0. The first-order valence-corrected chi connectivity index (χ1v) is 17.8. The molecule has 0 spiro atoms. The van der Waals surface area contributed by atoms with Crippen LogP contribution in [0, 0.1) is 0 Å². The first-order chi connectivity index (χ1) is 25.7. The van der Waals surface area contributed by atoms with Crippen LogP contribution < -0.4 is 36.5 Å². The number of ether oxygens (including phenoxy) is 5. The first-order valence-electron chi connectivity index (χ1n) is 17.8. The van der Waals surface area contributed by atoms with Crippen molar-refractivity contribution in [2.24, 2.45) is 5.73 Å². The quantitative estimate of drug-likeness (QED) is 0.126. The monoisotopic (exact) mass is 770 g/mol. The largest absolute Gasteiger partial charge is 0.491 e. The number of alkyl carbamates (subject to hydrolysis) is 2. The molecule has 3 atom stereocenters. The van der Waals surface area contributed by atoms with Crippen molar-refractivity contribution in [3.63, 3.8) is 0 Å². The van der Waals surface area contributed by atoms with Gasteiger partial charge < -0.3 is 55.6 Å². The number of methoxy groups -OCH3 is 1. The summed E-state index contributed by atoms with van der Waals surface area (Å²) in [7, 11) is 2.61. The molecule has 0 radical (unpaired) electrons. The molecular weight excluding hydrogens is 716 g/mol. The van der Waals surface area contributed by atoms with Gasteiger partial charge in [-0.25, -0.2) is 14.4 Å². The summed E-state index contributed by atoms with van der Waals surface area (Å²) < 4.78 is 28.0. The van der Waals surface area contributed by atoms with Crippen LogP contribution in [0.5, 0.6) is 11.5 Å². The molecule has 0 aliphatic carbocycles. The molecule has 0 aromatic heterocycles. The number of likely N-dealkylation sites (N-methyl/N-ethyl adjacent to an activating group) is 1. The summed E-state index contributed by atoms with van der Waals surface area (Å²) in [6.45, 7) is 11.7. The molecule has 5 amide bonds. The molecule has 302 valence electrons. The SMILES string of the molecule is COC(=O)C1Cc2ccc(OCCNC(=O)OC(C)(C)C)c(c2)-c2cc(ccc2OCCNC(=O)OC(C)(C)C)C(N(C)C(=O)CN)C(=O)N[C@@H](C)C(=O)N1. The highest BCUT2D eigenvalue weighted by atomic mass is 16.6. The van der Waals surface area contributed by atoms with Crippen molar-refractivity contribution in [3.8, 4) is 22.6 Å². The van der Waals surface area contributed by atoms with Crippen molar-refractivity contribution in [2.45, 2.75) is 84.2 Å². The minimum atomic E-state index is -1.27. The Morgan fingerprint density at radius 1 is 0.818 bits per heavy atom. The van der Waals surface area contributed by atoms with E-state index >= 15 is 0 Å². The fourth-order valence-corrected chi connectivity index (χ4v) is 5.42. The molecule has 0 saturated heterocycles. The van der Waals surface area contributed by atoms with Gasteiger partial charge >= 0.3 is 18.2 Å². The zero-order chi connectivity index (χ0) is 41.1. The maximum absolute atomic E-state index is 13.9. The lowest BCUT2D eigenvalue weighted by atomic mass is 9.93. The van der Waals surface area contributed by atoms with Crippen LogP contribution in [-0.4, -0.2) is 111 Å². The number of nitrogens with two attached hydrogens (primary N) is 1. The van der Waals surface area contributed by atoms with Gasteiger partial charge in [-0.15, -0.1) is 0 Å². The second-order valence-corrected chi connectivity index (χ2v) is 14.8. The van der Waals surface area contributed by atoms with Gasteiger partial charge in [0.05, 0.1) is 26.7 Å². The summed E-state index contributed by atoms with van der Waals surface area (Å²) in [6, 6.07) is 6.45. The van der Waals surface area contributed by atoms with Gasteiger partial charge in [0.15, 0.2) is 0 Å². The van der Waals surface area contributed by atoms with E-state index in [-0.39, 0.29) is 32.7 Å². The molecule has 2 aromatic carbocycles. The van der Waals surface area contributed by atoms with Crippen LogP contribution in [0.3, 0.4) is 0 Å². The lowest BCUT2D eigenvalue weighted by Crippen LogP contribution is -2.53. The smallest absolute Gasteiger partial charge is 0.407 e. The van der Waals surface area contributed by atoms with E-state index in [9.17, 15) is 28.8 Å². The van der Waals surface area contributed by atoms with E-state index in [0.717, 1.165) is 0 Å². The Kier molecular flexibility index (Phi) is 15.3. The third-order valence-corrected chi connectivity index (χ3v) is 7.91. The highest BCUT2D eigenvalue weighted by Crippen LogP contribution is 2.40. The summed E-state index contributed by atoms with van der Waals surface area (Å²) in [5, 5.41) is 10.6. The van der Waals surface area contributed by atoms with E-state index in [1.54, 1.807) is 77.9 Å². The van der Waals surface area contributed by atoms with Crippen molar-refractivity contribution in [3.05, 3.63) is 47.5 Å². The number of nitrogens with one attached hydrogen (secondary N) is 4. The number of carbonyl (C=O) groups excluding carboxylic acids is 6. The van der Waals surface area contributed by atoms with Crippen molar-refractivity contribution < 1.29 is 52.5 Å². The van der Waals surface area contributed by atoms with E-state index < -0.39 is 71.7 Å². The Morgan fingerprint density at radius 2 is 1.35 bits per heavy atom. The van der Waals surface area contributed by atoms with Gasteiger partial charge in [-0.1, -0.05) is 12.1 Å². The number of esters is 1. The lowest BCUT2D eigenvalue weighted by Gasteiger charge is -2.30. The molecule has 0 saturated carbocycles. The Labute approximate surface area is 321 Å². The molecule has 1 heterocycles. The summed E-state index contributed by atoms with van der Waals surface area (Å²) in [6.07, 6.45) is -1.25. The lowest BCUT2D eigenvalue weighted by molar-refractivity contribution is -0.145. The molecule has 55 heavy (non-hydrogen) atoms. The minimum Gasteiger partial charge on any atom is -0.491 e. The highest BCUT2D eigenvalue weighted by molar-refractivity contribution is 5.94. The molecule has 0 fully saturated rings. The number of rotatable bonds is 11. The van der Waals surface area contributed by atoms with Gasteiger partial charge in [0.1, 0.15) is 54.0 Å². The molecule has 17 heteroatoms. The fraction of sp³-hybridized carbons (Fsp3) is 0.526. The number of benzene rings is 2. The Balaban J connectivity index is 2.18. The van der Waals surface area contributed by atoms with Crippen LogP contribution in [0.1, 0.15) is 65.6 Å². The highest BCUT2D eigenvalue weighted by Gasteiger charge is 2.33. The molecule has 1 aliphatic heterocycles. The van der Waals surface area contributed by atoms with Crippen LogP contribution in [-0.2, 0) is 39.8 Å². The molecule has 4 bridgehead atoms. The predicted molar refractivity (Wildman–Crippen MR) is 201 cm³/mol. The van der Waals surface area contributed by atoms with Crippen LogP contribution in [0.2, 0.25) is 0 Å². The normalized spacial score (nSPS) is 17.3. The second-order valence-electron chi connectivity index (χ2n) is 14.8. The third-order valence-electron chi connectivity index (χ3n) is 7.91. The number of hydrogen-bond acceptors (Lipinski definition) is 12. The first kappa shape index (κ1) is 43.8. The van der Waals surface area contributed by atoms with Crippen molar-refractivity contribution in [2.75, 3.05) is 47.0 Å². The molecule has 17 nitrogen and oxygen atoms in total. The fourth-order valence-electron chi connectivity index (χ4n) is 5.42. The third kappa shape index (κ3) is 13.3. The zero-order valence-corrected chi connectivity index (χ0v) is 33.0. The van der Waals surface area contributed by atoms with Crippen LogP contribution in [0.4, 0.5) is 9.59 Å². The molecular formula is C38H54N6O11. The molecule has 3 rings (SSSR count). The van der Waals surface area contributed by atoms with E-state index in [4.69, 9.17) is 29.4 Å². The van der Waals surface area contributed by atoms with Crippen LogP contribution in [0.25, 0.3) is 11.1 Å². The number of hydrogen-bond donors (Lipinski definition) is 5. The predicted octanol–water partition coefficient (Wildman–Crippen LogP) is 2.34. The standard InChI is InChI=1S/C38H54N6O11/c1-22-32(46)43-27(34(48)51-9)19-23-10-12-28(52-16-14-40-35(49)54-37(2,3)4)25(18-23)26-20-24(31(33(47)42-22)44(8)30(45)21-39)11-13-29(26)53-17-15-41-36(50)55-38(5,6)7/h10-13,18,20,22,27,31H,14-17,19,21,39H2,1-9H3,(H,40,49)(H,41,50)(H,42,47)(H,43,46)/t22-,27?,31?/m0/s1. The summed E-state index contributed by atoms with van der Waals surface area (Å²) in [5.41, 5.74) is 6.09. The number of fused-ring (bicyclic) bond motifs is 5. The van der Waals surface area contributed by atoms with Crippen LogP contribution >= 0.6 is 0 Å². The molecule has 2 aromatic rings. The van der Waals surface area contributed by atoms with Gasteiger partial charge in [0, 0.05) is 24.6 Å². The summed E-state index contributed by atoms with van der Waals surface area (Å²) in [4.78, 5) is 78.8. The van der Waals surface area contributed by atoms with Gasteiger partial charge in [-0.05, 0) is 83.9 Å². The van der Waals surface area contributed by atoms with Crippen molar-refractivity contribution >= 4 is 35.9 Å². The average Bonchev–Trinajstić information content (AvgIpc) is 3.09. The van der Waals surface area contributed by atoms with Gasteiger partial charge in [0.25, 0.3) is 0 Å². The minimum absolute atomic E-state index is 0.00138. The van der Waals surface area contributed by atoms with E-state index in [1.165, 1.54) is 26.0 Å². The van der Waals surface area contributed by atoms with E-state index in [2.05, 4.69) is 21.3 Å². The second kappa shape index (κ2) is 19.1. The Bertz CT molecular complexity index is 1720. The average molecular weight is 771 g/mol. The Hall–Kier alpha value is -5.58. The van der Waals surface area contributed by atoms with Gasteiger partial charge in [-0.2, -0.15) is 0 Å². The van der Waals surface area contributed by atoms with Gasteiger partial charge in [-0.3, -0.25) is 14.4 Å². The van der Waals surface area contributed by atoms with Crippen LogP contribution in [0.15, 0.2) is 36.4 Å². The summed E-state index contributed by atoms with van der Waals surface area (Å²) in [5.74, 6) is -1.98. The number of carbonyl (C=O) groups is 6. The van der Waals surface area contributed by atoms with E-state index in [1.807, 2.05) is 0 Å². The van der Waals surface area contributed by atoms with Crippen molar-refractivity contribution in [1.29, 1.82) is 0 Å².